The van der Waals surface area contributed by atoms with E-state index >= 15 is 0 Å². The Labute approximate surface area is 114 Å². The van der Waals surface area contributed by atoms with Gasteiger partial charge >= 0.3 is 6.03 Å². The Morgan fingerprint density at radius 3 is 2.76 bits per heavy atom. The van der Waals surface area contributed by atoms with Crippen molar-refractivity contribution in [3.05, 3.63) is 0 Å². The molecular formula is C10H21Cl2N3O2. The fourth-order valence-corrected chi connectivity index (χ4v) is 2.38. The third-order valence-electron chi connectivity index (χ3n) is 3.21. The van der Waals surface area contributed by atoms with Gasteiger partial charge in [-0.2, -0.15) is 0 Å². The number of rotatable bonds is 2. The first-order chi connectivity index (χ1) is 7.33. The van der Waals surface area contributed by atoms with E-state index in [-0.39, 0.29) is 43.0 Å². The van der Waals surface area contributed by atoms with Crippen LogP contribution in [0.15, 0.2) is 0 Å². The minimum atomic E-state index is 0. The van der Waals surface area contributed by atoms with Crippen molar-refractivity contribution in [3.63, 3.8) is 0 Å². The molecule has 0 saturated carbocycles. The number of urea groups is 1. The molecule has 2 heterocycles. The summed E-state index contributed by atoms with van der Waals surface area (Å²) in [4.78, 5) is 13.6. The number of hydrogen-bond acceptors (Lipinski definition) is 3. The smallest absolute Gasteiger partial charge is 0.317 e. The van der Waals surface area contributed by atoms with Crippen molar-refractivity contribution in [1.29, 1.82) is 0 Å². The summed E-state index contributed by atoms with van der Waals surface area (Å²) in [6.07, 6.45) is 2.14. The Morgan fingerprint density at radius 2 is 2.12 bits per heavy atom. The molecule has 0 aromatic rings. The van der Waals surface area contributed by atoms with Crippen LogP contribution in [0.1, 0.15) is 12.8 Å². The lowest BCUT2D eigenvalue weighted by atomic mass is 10.0. The monoisotopic (exact) mass is 285 g/mol. The Morgan fingerprint density at radius 1 is 1.35 bits per heavy atom. The second kappa shape index (κ2) is 7.97. The van der Waals surface area contributed by atoms with Crippen molar-refractivity contribution in [3.8, 4) is 0 Å². The molecule has 0 aromatic heterocycles. The lowest BCUT2D eigenvalue weighted by Crippen LogP contribution is -2.59. The normalized spacial score (nSPS) is 28.8. The van der Waals surface area contributed by atoms with Crippen LogP contribution in [0, 0.1) is 0 Å². The van der Waals surface area contributed by atoms with E-state index in [1.54, 1.807) is 7.11 Å². The van der Waals surface area contributed by atoms with Gasteiger partial charge in [-0.15, -0.1) is 24.8 Å². The average molecular weight is 286 g/mol. The van der Waals surface area contributed by atoms with E-state index in [1.165, 1.54) is 0 Å². The number of carbonyl (C=O) groups excluding carboxylic acids is 1. The Balaban J connectivity index is 0.00000128. The fraction of sp³-hybridized carbons (Fsp3) is 0.900. The zero-order valence-corrected chi connectivity index (χ0v) is 11.6. The van der Waals surface area contributed by atoms with Crippen LogP contribution < -0.4 is 10.6 Å². The minimum absolute atomic E-state index is 0. The molecule has 0 radical (unpaired) electrons. The van der Waals surface area contributed by atoms with E-state index in [9.17, 15) is 4.79 Å². The molecule has 2 atom stereocenters. The van der Waals surface area contributed by atoms with Gasteiger partial charge in [0, 0.05) is 26.7 Å². The lowest BCUT2D eigenvalue weighted by molar-refractivity contribution is 0.00861. The van der Waals surface area contributed by atoms with Crippen molar-refractivity contribution in [2.75, 3.05) is 33.3 Å². The maximum absolute atomic E-state index is 11.7. The number of nitrogens with zero attached hydrogens (tertiary/aromatic N) is 1. The molecule has 102 valence electrons. The molecule has 2 fully saturated rings. The molecule has 7 heteroatoms. The highest BCUT2D eigenvalue weighted by molar-refractivity contribution is 5.85. The Bertz CT molecular complexity index is 244. The number of halogens is 2. The molecule has 0 spiro atoms. The molecule has 0 aromatic carbocycles. The first-order valence-electron chi connectivity index (χ1n) is 5.61. The van der Waals surface area contributed by atoms with E-state index in [2.05, 4.69) is 10.6 Å². The SMILES string of the molecule is COC1CNCCC1N1CCCNC1=O.Cl.Cl. The quantitative estimate of drug-likeness (QED) is 0.782. The van der Waals surface area contributed by atoms with E-state index in [0.29, 0.717) is 0 Å². The number of piperidine rings is 1. The fourth-order valence-electron chi connectivity index (χ4n) is 2.38. The van der Waals surface area contributed by atoms with Gasteiger partial charge in [-0.05, 0) is 19.4 Å². The highest BCUT2D eigenvalue weighted by Gasteiger charge is 2.33. The number of amides is 2. The van der Waals surface area contributed by atoms with Gasteiger partial charge < -0.3 is 20.3 Å². The zero-order chi connectivity index (χ0) is 10.7. The van der Waals surface area contributed by atoms with Gasteiger partial charge in [-0.1, -0.05) is 0 Å². The van der Waals surface area contributed by atoms with Gasteiger partial charge in [0.2, 0.25) is 0 Å². The molecule has 2 saturated heterocycles. The van der Waals surface area contributed by atoms with Crippen LogP contribution in [0.4, 0.5) is 4.79 Å². The highest BCUT2D eigenvalue weighted by atomic mass is 35.5. The van der Waals surface area contributed by atoms with Crippen LogP contribution in [0.3, 0.4) is 0 Å². The maximum Gasteiger partial charge on any atom is 0.317 e. The molecular weight excluding hydrogens is 265 g/mol. The molecule has 2 unspecified atom stereocenters. The second-order valence-electron chi connectivity index (χ2n) is 4.11. The molecule has 2 N–H and O–H groups in total. The van der Waals surface area contributed by atoms with Crippen LogP contribution >= 0.6 is 24.8 Å². The molecule has 0 aliphatic carbocycles. The van der Waals surface area contributed by atoms with Gasteiger partial charge in [0.15, 0.2) is 0 Å². The summed E-state index contributed by atoms with van der Waals surface area (Å²) in [6, 6.07) is 0.298. The summed E-state index contributed by atoms with van der Waals surface area (Å²) >= 11 is 0. The average Bonchev–Trinajstić information content (AvgIpc) is 2.30. The van der Waals surface area contributed by atoms with Gasteiger partial charge in [-0.25, -0.2) is 4.79 Å². The first kappa shape index (κ1) is 16.8. The summed E-state index contributed by atoms with van der Waals surface area (Å²) < 4.78 is 5.42. The number of methoxy groups -OCH3 is 1. The highest BCUT2D eigenvalue weighted by Crippen LogP contribution is 2.17. The van der Waals surface area contributed by atoms with E-state index < -0.39 is 0 Å². The van der Waals surface area contributed by atoms with Crippen LogP contribution in [-0.2, 0) is 4.74 Å². The molecule has 2 amide bonds. The lowest BCUT2D eigenvalue weighted by Gasteiger charge is -2.41. The third-order valence-corrected chi connectivity index (χ3v) is 3.21. The molecule has 2 aliphatic heterocycles. The molecule has 17 heavy (non-hydrogen) atoms. The van der Waals surface area contributed by atoms with Gasteiger partial charge in [-0.3, -0.25) is 0 Å². The largest absolute Gasteiger partial charge is 0.378 e. The second-order valence-corrected chi connectivity index (χ2v) is 4.11. The van der Waals surface area contributed by atoms with Crippen LogP contribution in [0.2, 0.25) is 0 Å². The van der Waals surface area contributed by atoms with Crippen molar-refractivity contribution in [2.24, 2.45) is 0 Å². The molecule has 2 aliphatic rings. The summed E-state index contributed by atoms with van der Waals surface area (Å²) in [5, 5.41) is 6.17. The number of carbonyl (C=O) groups is 1. The summed E-state index contributed by atoms with van der Waals surface area (Å²) in [5.41, 5.74) is 0. The molecule has 2 rings (SSSR count). The predicted octanol–water partition coefficient (Wildman–Crippen LogP) is 0.622. The van der Waals surface area contributed by atoms with Crippen LogP contribution in [0.5, 0.6) is 0 Å². The summed E-state index contributed by atoms with van der Waals surface area (Å²) in [6.45, 7) is 3.47. The Kier molecular flexibility index (Phi) is 7.87. The number of ether oxygens (including phenoxy) is 1. The summed E-state index contributed by atoms with van der Waals surface area (Å²) in [7, 11) is 1.71. The summed E-state index contributed by atoms with van der Waals surface area (Å²) in [5.74, 6) is 0. The topological polar surface area (TPSA) is 53.6 Å². The first-order valence-corrected chi connectivity index (χ1v) is 5.61. The number of nitrogens with one attached hydrogen (secondary N) is 2. The Hall–Kier alpha value is -0.230. The minimum Gasteiger partial charge on any atom is -0.378 e. The van der Waals surface area contributed by atoms with Gasteiger partial charge in [0.25, 0.3) is 0 Å². The van der Waals surface area contributed by atoms with E-state index in [4.69, 9.17) is 4.74 Å². The van der Waals surface area contributed by atoms with Crippen molar-refractivity contribution in [2.45, 2.75) is 25.0 Å². The van der Waals surface area contributed by atoms with Gasteiger partial charge in [0.1, 0.15) is 0 Å². The molecule has 5 nitrogen and oxygen atoms in total. The number of hydrogen-bond donors (Lipinski definition) is 2. The van der Waals surface area contributed by atoms with Crippen molar-refractivity contribution >= 4 is 30.8 Å². The van der Waals surface area contributed by atoms with Crippen LogP contribution in [0.25, 0.3) is 0 Å². The van der Waals surface area contributed by atoms with Crippen LogP contribution in [-0.4, -0.2) is 56.4 Å². The standard InChI is InChI=1S/C10H19N3O2.2ClH/c1-15-9-7-11-5-3-8(9)13-6-2-4-12-10(13)14;;/h8-9,11H,2-7H2,1H3,(H,12,14);2*1H. The third kappa shape index (κ3) is 3.88. The van der Waals surface area contributed by atoms with Crippen molar-refractivity contribution < 1.29 is 9.53 Å². The molecule has 0 bridgehead atoms. The van der Waals surface area contributed by atoms with Crippen molar-refractivity contribution in [1.82, 2.24) is 15.5 Å². The predicted molar refractivity (Wildman–Crippen MR) is 71.3 cm³/mol. The van der Waals surface area contributed by atoms with E-state index in [1.807, 2.05) is 4.90 Å². The van der Waals surface area contributed by atoms with E-state index in [0.717, 1.165) is 39.0 Å². The van der Waals surface area contributed by atoms with Gasteiger partial charge in [0.05, 0.1) is 12.1 Å². The maximum atomic E-state index is 11.7. The zero-order valence-electron chi connectivity index (χ0n) is 9.98.